The molecule has 0 aromatic rings. The van der Waals surface area contributed by atoms with E-state index in [4.69, 9.17) is 5.73 Å². The third-order valence-corrected chi connectivity index (χ3v) is 2.94. The molecule has 0 aromatic heterocycles. The molecule has 0 radical (unpaired) electrons. The number of hydrogen-bond donors (Lipinski definition) is 2. The van der Waals surface area contributed by atoms with Gasteiger partial charge in [0.25, 0.3) is 0 Å². The number of rotatable bonds is 2. The van der Waals surface area contributed by atoms with Gasteiger partial charge in [-0.05, 0) is 12.8 Å². The van der Waals surface area contributed by atoms with E-state index >= 15 is 0 Å². The van der Waals surface area contributed by atoms with Crippen molar-refractivity contribution in [2.75, 3.05) is 0 Å². The molecule has 2 amide bonds. The largest absolute Gasteiger partial charge is 0.369 e. The molecular weight excluding hydrogens is 271 g/mol. The Morgan fingerprint density at radius 1 is 1.33 bits per heavy atom. The van der Waals surface area contributed by atoms with Gasteiger partial charge in [-0.2, -0.15) is 0 Å². The van der Waals surface area contributed by atoms with E-state index in [1.165, 1.54) is 0 Å². The first kappa shape index (κ1) is 9.76. The van der Waals surface area contributed by atoms with Gasteiger partial charge in [0.05, 0.1) is 22.9 Å². The number of amides is 2. The van der Waals surface area contributed by atoms with Gasteiger partial charge in [-0.1, -0.05) is 12.8 Å². The predicted molar refractivity (Wildman–Crippen MR) is 52.3 cm³/mol. The maximum atomic E-state index is 11.4. The van der Waals surface area contributed by atoms with Gasteiger partial charge in [0.15, 0.2) is 0 Å². The van der Waals surface area contributed by atoms with Crippen molar-refractivity contribution in [2.45, 2.75) is 25.7 Å². The van der Waals surface area contributed by atoms with Gasteiger partial charge in [-0.15, -0.1) is 0 Å². The fraction of sp³-hybridized carbons (Fsp3) is 0.714. The summed E-state index contributed by atoms with van der Waals surface area (Å²) in [4.78, 5) is 22.4. The quantitative estimate of drug-likeness (QED) is 0.440. The minimum Gasteiger partial charge on any atom is -0.369 e. The van der Waals surface area contributed by atoms with Crippen molar-refractivity contribution in [3.05, 3.63) is 0 Å². The van der Waals surface area contributed by atoms with Crippen molar-refractivity contribution >= 4 is 34.7 Å². The van der Waals surface area contributed by atoms with E-state index < -0.39 is 11.3 Å². The average molecular weight is 282 g/mol. The summed E-state index contributed by atoms with van der Waals surface area (Å²) in [6.07, 6.45) is 3.01. The van der Waals surface area contributed by atoms with Gasteiger partial charge in [0, 0.05) is 0 Å². The average Bonchev–Trinajstić information content (AvgIpc) is 2.52. The molecule has 0 aliphatic heterocycles. The topological polar surface area (TPSA) is 72.2 Å². The van der Waals surface area contributed by atoms with Crippen LogP contribution in [0.15, 0.2) is 0 Å². The molecule has 0 spiro atoms. The van der Waals surface area contributed by atoms with Gasteiger partial charge < -0.3 is 5.73 Å². The number of carbonyl (C=O) groups excluding carboxylic acids is 2. The highest BCUT2D eigenvalue weighted by Crippen LogP contribution is 2.38. The molecule has 5 heteroatoms. The lowest BCUT2D eigenvalue weighted by Gasteiger charge is -2.21. The summed E-state index contributed by atoms with van der Waals surface area (Å²) in [6, 6.07) is 0. The molecule has 0 saturated heterocycles. The van der Waals surface area contributed by atoms with E-state index in [2.05, 4.69) is 3.53 Å². The Hall–Kier alpha value is -0.330. The molecule has 1 rings (SSSR count). The summed E-state index contributed by atoms with van der Waals surface area (Å²) >= 11 is 1.74. The lowest BCUT2D eigenvalue weighted by molar-refractivity contribution is -0.139. The van der Waals surface area contributed by atoms with Gasteiger partial charge in [-0.25, -0.2) is 0 Å². The summed E-state index contributed by atoms with van der Waals surface area (Å²) < 4.78 is 2.46. The van der Waals surface area contributed by atoms with Crippen molar-refractivity contribution in [3.63, 3.8) is 0 Å². The van der Waals surface area contributed by atoms with Gasteiger partial charge in [0.1, 0.15) is 5.41 Å². The van der Waals surface area contributed by atoms with Crippen molar-refractivity contribution in [1.29, 1.82) is 0 Å². The number of nitrogens with two attached hydrogens (primary N) is 1. The van der Waals surface area contributed by atoms with Crippen LogP contribution in [0.5, 0.6) is 0 Å². The Kier molecular flexibility index (Phi) is 2.92. The Morgan fingerprint density at radius 2 is 1.83 bits per heavy atom. The number of carbonyl (C=O) groups is 2. The fourth-order valence-corrected chi connectivity index (χ4v) is 2.17. The highest BCUT2D eigenvalue weighted by Gasteiger charge is 2.46. The normalized spacial score (nSPS) is 20.4. The summed E-state index contributed by atoms with van der Waals surface area (Å²) in [6.45, 7) is 0. The van der Waals surface area contributed by atoms with Crippen LogP contribution in [0.25, 0.3) is 0 Å². The highest BCUT2D eigenvalue weighted by molar-refractivity contribution is 14.1. The van der Waals surface area contributed by atoms with Crippen LogP contribution >= 0.6 is 22.9 Å². The van der Waals surface area contributed by atoms with E-state index in [9.17, 15) is 9.59 Å². The summed E-state index contributed by atoms with van der Waals surface area (Å²) in [5.41, 5.74) is 4.29. The molecule has 1 saturated carbocycles. The molecule has 0 heterocycles. The maximum absolute atomic E-state index is 11.4. The Bertz CT molecular complexity index is 211. The van der Waals surface area contributed by atoms with Gasteiger partial charge in [-0.3, -0.25) is 13.1 Å². The second-order valence-corrected chi connectivity index (χ2v) is 3.62. The molecule has 0 unspecified atom stereocenters. The zero-order valence-electron chi connectivity index (χ0n) is 6.60. The Morgan fingerprint density at radius 3 is 2.17 bits per heavy atom. The van der Waals surface area contributed by atoms with E-state index in [1.807, 2.05) is 0 Å². The number of primary amides is 1. The zero-order chi connectivity index (χ0) is 9.19. The number of nitrogens with one attached hydrogen (secondary N) is 1. The SMILES string of the molecule is NC(=O)C1(C(=O)NI)CCCC1. The highest BCUT2D eigenvalue weighted by atomic mass is 127. The van der Waals surface area contributed by atoms with E-state index in [-0.39, 0.29) is 5.91 Å². The Labute approximate surface area is 84.8 Å². The minimum absolute atomic E-state index is 0.242. The van der Waals surface area contributed by atoms with E-state index in [0.29, 0.717) is 12.8 Å². The molecule has 1 aliphatic rings. The third kappa shape index (κ3) is 1.41. The van der Waals surface area contributed by atoms with Crippen LogP contribution < -0.4 is 9.26 Å². The van der Waals surface area contributed by atoms with Crippen molar-refractivity contribution < 1.29 is 9.59 Å². The molecule has 4 nitrogen and oxygen atoms in total. The van der Waals surface area contributed by atoms with Gasteiger partial charge >= 0.3 is 0 Å². The monoisotopic (exact) mass is 282 g/mol. The maximum Gasteiger partial charge on any atom is 0.244 e. The molecule has 12 heavy (non-hydrogen) atoms. The van der Waals surface area contributed by atoms with Crippen LogP contribution in [-0.4, -0.2) is 11.8 Å². The third-order valence-electron chi connectivity index (χ3n) is 2.45. The summed E-state index contributed by atoms with van der Waals surface area (Å²) in [5.74, 6) is -0.734. The first-order valence-electron chi connectivity index (χ1n) is 3.84. The standard InChI is InChI=1S/C7H11IN2O2/c8-10-6(12)7(5(9)11)3-1-2-4-7/h1-4H2,(H2,9,11)(H,10,12). The molecule has 1 aliphatic carbocycles. The number of halogens is 1. The van der Waals surface area contributed by atoms with Crippen LogP contribution in [-0.2, 0) is 9.59 Å². The number of hydrogen-bond acceptors (Lipinski definition) is 2. The lowest BCUT2D eigenvalue weighted by atomic mass is 9.85. The molecule has 1 fully saturated rings. The van der Waals surface area contributed by atoms with E-state index in [0.717, 1.165) is 12.8 Å². The molecule has 0 atom stereocenters. The van der Waals surface area contributed by atoms with Crippen LogP contribution in [0.4, 0.5) is 0 Å². The van der Waals surface area contributed by atoms with Gasteiger partial charge in [0.2, 0.25) is 11.8 Å². The zero-order valence-corrected chi connectivity index (χ0v) is 8.76. The van der Waals surface area contributed by atoms with Crippen LogP contribution in [0.2, 0.25) is 0 Å². The first-order valence-corrected chi connectivity index (χ1v) is 4.92. The first-order chi connectivity index (χ1) is 5.63. The minimum atomic E-state index is -0.915. The fourth-order valence-electron chi connectivity index (χ4n) is 1.65. The smallest absolute Gasteiger partial charge is 0.244 e. The van der Waals surface area contributed by atoms with Crippen molar-refractivity contribution in [2.24, 2.45) is 11.1 Å². The predicted octanol–water partition coefficient (Wildman–Crippen LogP) is 0.498. The van der Waals surface area contributed by atoms with Crippen LogP contribution in [0.3, 0.4) is 0 Å². The van der Waals surface area contributed by atoms with Crippen LogP contribution in [0.1, 0.15) is 25.7 Å². The molecule has 0 aromatic carbocycles. The second kappa shape index (κ2) is 3.59. The summed E-state index contributed by atoms with van der Waals surface area (Å²) in [7, 11) is 0. The van der Waals surface area contributed by atoms with Crippen LogP contribution in [0, 0.1) is 5.41 Å². The molecule has 3 N–H and O–H groups in total. The Balaban J connectivity index is 2.86. The van der Waals surface area contributed by atoms with Crippen molar-refractivity contribution in [1.82, 2.24) is 3.53 Å². The second-order valence-electron chi connectivity index (χ2n) is 3.08. The molecular formula is C7H11IN2O2. The summed E-state index contributed by atoms with van der Waals surface area (Å²) in [5, 5.41) is 0. The lowest BCUT2D eigenvalue weighted by Crippen LogP contribution is -2.45. The molecule has 0 bridgehead atoms. The van der Waals surface area contributed by atoms with Crippen molar-refractivity contribution in [3.8, 4) is 0 Å². The van der Waals surface area contributed by atoms with E-state index in [1.54, 1.807) is 22.9 Å². The molecule has 68 valence electrons.